The smallest absolute Gasteiger partial charge is 0.121 e. The molecule has 1 fully saturated rings. The zero-order valence-corrected chi connectivity index (χ0v) is 11.0. The molecule has 0 spiro atoms. The van der Waals surface area contributed by atoms with E-state index in [1.165, 1.54) is 5.56 Å². The van der Waals surface area contributed by atoms with Crippen molar-refractivity contribution in [3.05, 3.63) is 23.7 Å². The highest BCUT2D eigenvalue weighted by Crippen LogP contribution is 2.18. The van der Waals surface area contributed by atoms with Crippen LogP contribution in [0.15, 0.2) is 16.7 Å². The van der Waals surface area contributed by atoms with Crippen molar-refractivity contribution in [3.8, 4) is 0 Å². The molecule has 0 saturated carbocycles. The fourth-order valence-corrected chi connectivity index (χ4v) is 2.57. The summed E-state index contributed by atoms with van der Waals surface area (Å²) in [7, 11) is 2.20. The lowest BCUT2D eigenvalue weighted by atomic mass is 10.1. The highest BCUT2D eigenvalue weighted by atomic mass is 16.3. The van der Waals surface area contributed by atoms with Crippen LogP contribution in [0.4, 0.5) is 0 Å². The molecule has 2 rings (SSSR count). The van der Waals surface area contributed by atoms with Crippen molar-refractivity contribution in [2.24, 2.45) is 5.73 Å². The van der Waals surface area contributed by atoms with Crippen LogP contribution >= 0.6 is 0 Å². The van der Waals surface area contributed by atoms with Crippen LogP contribution < -0.4 is 5.73 Å². The summed E-state index contributed by atoms with van der Waals surface area (Å²) < 4.78 is 5.37. The third kappa shape index (κ3) is 2.70. The molecule has 2 N–H and O–H groups in total. The number of rotatable bonds is 3. The SMILES string of the molecule is CC1CN(Cc2ccoc2CN)CC(C)N1C. The molecule has 0 aromatic carbocycles. The van der Waals surface area contributed by atoms with Crippen LogP contribution in [0.25, 0.3) is 0 Å². The summed E-state index contributed by atoms with van der Waals surface area (Å²) in [5, 5.41) is 0. The molecule has 2 atom stereocenters. The van der Waals surface area contributed by atoms with Gasteiger partial charge in [0.05, 0.1) is 12.8 Å². The molecule has 0 amide bonds. The Morgan fingerprint density at radius 1 is 1.35 bits per heavy atom. The Bertz CT molecular complexity index is 351. The number of hydrogen-bond donors (Lipinski definition) is 1. The molecule has 2 heterocycles. The second kappa shape index (κ2) is 5.21. The normalized spacial score (nSPS) is 27.5. The van der Waals surface area contributed by atoms with E-state index in [1.807, 2.05) is 6.07 Å². The van der Waals surface area contributed by atoms with Crippen molar-refractivity contribution in [3.63, 3.8) is 0 Å². The summed E-state index contributed by atoms with van der Waals surface area (Å²) >= 11 is 0. The number of furan rings is 1. The first kappa shape index (κ1) is 12.6. The standard InChI is InChI=1S/C13H23N3O/c1-10-7-16(8-11(2)15(10)3)9-12-4-5-17-13(12)6-14/h4-5,10-11H,6-9,14H2,1-3H3. The molecule has 0 aliphatic carbocycles. The van der Waals surface area contributed by atoms with E-state index in [9.17, 15) is 0 Å². The highest BCUT2D eigenvalue weighted by molar-refractivity contribution is 5.16. The van der Waals surface area contributed by atoms with Gasteiger partial charge in [-0.3, -0.25) is 9.80 Å². The minimum absolute atomic E-state index is 0.487. The van der Waals surface area contributed by atoms with E-state index in [1.54, 1.807) is 6.26 Å². The maximum atomic E-state index is 5.66. The molecule has 1 saturated heterocycles. The van der Waals surface area contributed by atoms with Crippen LogP contribution in [0.5, 0.6) is 0 Å². The van der Waals surface area contributed by atoms with E-state index in [4.69, 9.17) is 10.2 Å². The topological polar surface area (TPSA) is 45.6 Å². The van der Waals surface area contributed by atoms with Gasteiger partial charge in [0.25, 0.3) is 0 Å². The lowest BCUT2D eigenvalue weighted by Gasteiger charge is -2.42. The van der Waals surface area contributed by atoms with Gasteiger partial charge >= 0.3 is 0 Å². The first-order valence-electron chi connectivity index (χ1n) is 6.31. The minimum atomic E-state index is 0.487. The van der Waals surface area contributed by atoms with E-state index >= 15 is 0 Å². The van der Waals surface area contributed by atoms with Crippen LogP contribution in [-0.2, 0) is 13.1 Å². The van der Waals surface area contributed by atoms with Crippen LogP contribution in [0.2, 0.25) is 0 Å². The Kier molecular flexibility index (Phi) is 3.86. The summed E-state index contributed by atoms with van der Waals surface area (Å²) in [5.41, 5.74) is 6.89. The average Bonchev–Trinajstić information content (AvgIpc) is 2.73. The third-order valence-electron chi connectivity index (χ3n) is 3.85. The molecule has 1 aromatic rings. The maximum Gasteiger partial charge on any atom is 0.121 e. The van der Waals surface area contributed by atoms with Gasteiger partial charge in [-0.1, -0.05) is 0 Å². The van der Waals surface area contributed by atoms with Gasteiger partial charge in [-0.2, -0.15) is 0 Å². The molecule has 96 valence electrons. The fourth-order valence-electron chi connectivity index (χ4n) is 2.57. The quantitative estimate of drug-likeness (QED) is 0.860. The molecule has 4 heteroatoms. The van der Waals surface area contributed by atoms with E-state index in [-0.39, 0.29) is 0 Å². The largest absolute Gasteiger partial charge is 0.468 e. The molecule has 0 radical (unpaired) electrons. The van der Waals surface area contributed by atoms with Gasteiger partial charge in [-0.15, -0.1) is 0 Å². The number of nitrogens with two attached hydrogens (primary N) is 1. The van der Waals surface area contributed by atoms with Crippen molar-refractivity contribution >= 4 is 0 Å². The number of piperazine rings is 1. The Labute approximate surface area is 103 Å². The molecule has 2 unspecified atom stereocenters. The minimum Gasteiger partial charge on any atom is -0.468 e. The molecule has 0 bridgehead atoms. The van der Waals surface area contributed by atoms with Crippen molar-refractivity contribution in [1.82, 2.24) is 9.80 Å². The zero-order valence-electron chi connectivity index (χ0n) is 11.0. The van der Waals surface area contributed by atoms with E-state index < -0.39 is 0 Å². The van der Waals surface area contributed by atoms with Crippen molar-refractivity contribution in [2.75, 3.05) is 20.1 Å². The van der Waals surface area contributed by atoms with Crippen LogP contribution in [0, 0.1) is 0 Å². The molecule has 17 heavy (non-hydrogen) atoms. The Morgan fingerprint density at radius 3 is 2.59 bits per heavy atom. The first-order valence-corrected chi connectivity index (χ1v) is 6.31. The number of hydrogen-bond acceptors (Lipinski definition) is 4. The Balaban J connectivity index is 2.00. The summed E-state index contributed by atoms with van der Waals surface area (Å²) in [4.78, 5) is 4.93. The molecule has 4 nitrogen and oxygen atoms in total. The maximum absolute atomic E-state index is 5.66. The van der Waals surface area contributed by atoms with Gasteiger partial charge in [-0.05, 0) is 27.0 Å². The molecule has 1 aromatic heterocycles. The first-order chi connectivity index (χ1) is 8.11. The van der Waals surface area contributed by atoms with E-state index in [0.29, 0.717) is 18.6 Å². The van der Waals surface area contributed by atoms with Crippen LogP contribution in [-0.4, -0.2) is 42.0 Å². The number of likely N-dealkylation sites (N-methyl/N-ethyl adjacent to an activating group) is 1. The number of nitrogens with zero attached hydrogens (tertiary/aromatic N) is 2. The van der Waals surface area contributed by atoms with Gasteiger partial charge < -0.3 is 10.2 Å². The monoisotopic (exact) mass is 237 g/mol. The molecular weight excluding hydrogens is 214 g/mol. The highest BCUT2D eigenvalue weighted by Gasteiger charge is 2.26. The summed E-state index contributed by atoms with van der Waals surface area (Å²) in [6.45, 7) is 8.21. The zero-order chi connectivity index (χ0) is 12.4. The van der Waals surface area contributed by atoms with Gasteiger partial charge in [0.1, 0.15) is 5.76 Å². The molecule has 1 aliphatic heterocycles. The van der Waals surface area contributed by atoms with Crippen LogP contribution in [0.3, 0.4) is 0 Å². The second-order valence-electron chi connectivity index (χ2n) is 5.13. The lowest BCUT2D eigenvalue weighted by Crippen LogP contribution is -2.54. The van der Waals surface area contributed by atoms with Gasteiger partial charge in [-0.25, -0.2) is 0 Å². The fraction of sp³-hybridized carbons (Fsp3) is 0.692. The van der Waals surface area contributed by atoms with Gasteiger partial charge in [0.2, 0.25) is 0 Å². The van der Waals surface area contributed by atoms with Crippen molar-refractivity contribution in [2.45, 2.75) is 39.0 Å². The third-order valence-corrected chi connectivity index (χ3v) is 3.85. The summed E-state index contributed by atoms with van der Waals surface area (Å²) in [6, 6.07) is 3.24. The lowest BCUT2D eigenvalue weighted by molar-refractivity contribution is 0.0553. The second-order valence-corrected chi connectivity index (χ2v) is 5.13. The molecular formula is C13H23N3O. The Morgan fingerprint density at radius 2 is 2.00 bits per heavy atom. The van der Waals surface area contributed by atoms with Crippen LogP contribution in [0.1, 0.15) is 25.2 Å². The predicted octanol–water partition coefficient (Wildman–Crippen LogP) is 1.26. The Hall–Kier alpha value is -0.840. The van der Waals surface area contributed by atoms with E-state index in [0.717, 1.165) is 25.4 Å². The van der Waals surface area contributed by atoms with Gasteiger partial charge in [0.15, 0.2) is 0 Å². The average molecular weight is 237 g/mol. The summed E-state index contributed by atoms with van der Waals surface area (Å²) in [6.07, 6.45) is 1.74. The predicted molar refractivity (Wildman–Crippen MR) is 68.6 cm³/mol. The van der Waals surface area contributed by atoms with Crippen molar-refractivity contribution < 1.29 is 4.42 Å². The summed E-state index contributed by atoms with van der Waals surface area (Å²) in [5.74, 6) is 0.921. The van der Waals surface area contributed by atoms with Crippen molar-refractivity contribution in [1.29, 1.82) is 0 Å². The van der Waals surface area contributed by atoms with Gasteiger partial charge in [0, 0.05) is 37.3 Å². The van der Waals surface area contributed by atoms with E-state index in [2.05, 4.69) is 30.7 Å². The molecule has 1 aliphatic rings.